The van der Waals surface area contributed by atoms with E-state index in [9.17, 15) is 4.79 Å². The molecule has 1 saturated carbocycles. The van der Waals surface area contributed by atoms with Crippen molar-refractivity contribution < 1.29 is 14.3 Å². The predicted molar refractivity (Wildman–Crippen MR) is 86.4 cm³/mol. The molecule has 0 spiro atoms. The minimum absolute atomic E-state index is 0.247. The zero-order valence-corrected chi connectivity index (χ0v) is 14.1. The van der Waals surface area contributed by atoms with Gasteiger partial charge in [0.05, 0.1) is 12.7 Å². The van der Waals surface area contributed by atoms with Crippen molar-refractivity contribution >= 4 is 23.5 Å². The van der Waals surface area contributed by atoms with E-state index in [1.165, 1.54) is 18.0 Å². The van der Waals surface area contributed by atoms with E-state index in [0.29, 0.717) is 23.1 Å². The Kier molecular flexibility index (Phi) is 6.45. The molecular weight excluding hydrogens is 302 g/mol. The van der Waals surface area contributed by atoms with Crippen molar-refractivity contribution in [2.24, 2.45) is 0 Å². The van der Waals surface area contributed by atoms with Gasteiger partial charge in [0.25, 0.3) is 0 Å². The second-order valence-corrected chi connectivity index (χ2v) is 5.98. The van der Waals surface area contributed by atoms with E-state index in [2.05, 4.69) is 15.3 Å². The van der Waals surface area contributed by atoms with Crippen LogP contribution < -0.4 is 5.32 Å². The number of hydrogen-bond acceptors (Lipinski definition) is 7. The second kappa shape index (κ2) is 8.33. The molecule has 1 aromatic rings. The summed E-state index contributed by atoms with van der Waals surface area (Å²) in [6.45, 7) is 2.12. The first-order valence-electron chi connectivity index (χ1n) is 7.55. The van der Waals surface area contributed by atoms with E-state index in [4.69, 9.17) is 9.47 Å². The van der Waals surface area contributed by atoms with Crippen LogP contribution in [-0.2, 0) is 9.47 Å². The van der Waals surface area contributed by atoms with Crippen LogP contribution in [0.1, 0.15) is 43.0 Å². The number of aromatic nitrogens is 2. The Labute approximate surface area is 135 Å². The summed E-state index contributed by atoms with van der Waals surface area (Å²) >= 11 is 1.44. The molecule has 1 N–H and O–H groups in total. The highest BCUT2D eigenvalue weighted by molar-refractivity contribution is 7.98. The Bertz CT molecular complexity index is 513. The summed E-state index contributed by atoms with van der Waals surface area (Å²) in [5, 5.41) is 4.02. The Morgan fingerprint density at radius 1 is 1.50 bits per heavy atom. The highest BCUT2D eigenvalue weighted by atomic mass is 32.2. The molecular formula is C15H23N3O3S. The molecule has 2 atom stereocenters. The van der Waals surface area contributed by atoms with Crippen LogP contribution in [0.25, 0.3) is 0 Å². The maximum absolute atomic E-state index is 12.1. The summed E-state index contributed by atoms with van der Waals surface area (Å²) < 4.78 is 10.5. The number of hydrogen-bond donors (Lipinski definition) is 1. The van der Waals surface area contributed by atoms with Gasteiger partial charge in [-0.15, -0.1) is 0 Å². The summed E-state index contributed by atoms with van der Waals surface area (Å²) in [5.41, 5.74) is 0.388. The first-order chi connectivity index (χ1) is 10.7. The molecule has 1 aliphatic rings. The maximum Gasteiger partial charge on any atom is 0.343 e. The number of thioether (sulfide) groups is 1. The third-order valence-corrected chi connectivity index (χ3v) is 4.31. The van der Waals surface area contributed by atoms with E-state index < -0.39 is 5.97 Å². The standard InChI is InChI=1S/C15H23N3O3S/c1-4-21-14(19)12-9-16-15(22-3)18-13(12)17-10-6-5-7-11(8-10)20-2/h9-11H,4-8H2,1-3H3,(H,16,17,18)/t10-,11+/m1/s1. The lowest BCUT2D eigenvalue weighted by atomic mass is 9.93. The van der Waals surface area contributed by atoms with Crippen LogP contribution in [0.2, 0.25) is 0 Å². The van der Waals surface area contributed by atoms with Crippen molar-refractivity contribution in [3.05, 3.63) is 11.8 Å². The Morgan fingerprint density at radius 3 is 3.00 bits per heavy atom. The predicted octanol–water partition coefficient (Wildman–Crippen LogP) is 2.74. The lowest BCUT2D eigenvalue weighted by Gasteiger charge is -2.29. The van der Waals surface area contributed by atoms with Crippen molar-refractivity contribution in [1.82, 2.24) is 9.97 Å². The number of methoxy groups -OCH3 is 1. The summed E-state index contributed by atoms with van der Waals surface area (Å²) in [6.07, 6.45) is 7.85. The third kappa shape index (κ3) is 4.33. The number of carbonyl (C=O) groups excluding carboxylic acids is 1. The monoisotopic (exact) mass is 325 g/mol. The van der Waals surface area contributed by atoms with Crippen molar-refractivity contribution in [3.8, 4) is 0 Å². The van der Waals surface area contributed by atoms with Crippen LogP contribution in [0.5, 0.6) is 0 Å². The fourth-order valence-corrected chi connectivity index (χ4v) is 2.96. The second-order valence-electron chi connectivity index (χ2n) is 5.21. The van der Waals surface area contributed by atoms with E-state index in [1.807, 2.05) is 6.26 Å². The first-order valence-corrected chi connectivity index (χ1v) is 8.77. The smallest absolute Gasteiger partial charge is 0.343 e. The van der Waals surface area contributed by atoms with Crippen molar-refractivity contribution in [3.63, 3.8) is 0 Å². The molecule has 0 saturated heterocycles. The molecule has 0 amide bonds. The normalized spacial score (nSPS) is 21.4. The average molecular weight is 325 g/mol. The van der Waals surface area contributed by atoms with Gasteiger partial charge in [-0.2, -0.15) is 0 Å². The fourth-order valence-electron chi connectivity index (χ4n) is 2.62. The number of anilines is 1. The van der Waals surface area contributed by atoms with Gasteiger partial charge < -0.3 is 14.8 Å². The van der Waals surface area contributed by atoms with Crippen molar-refractivity contribution in [2.45, 2.75) is 49.9 Å². The van der Waals surface area contributed by atoms with Gasteiger partial charge in [-0.3, -0.25) is 0 Å². The number of rotatable bonds is 6. The SMILES string of the molecule is CCOC(=O)c1cnc(SC)nc1N[C@@H]1CCC[C@H](OC)C1. The van der Waals surface area contributed by atoms with Gasteiger partial charge in [-0.25, -0.2) is 14.8 Å². The molecule has 1 aliphatic carbocycles. The molecule has 0 bridgehead atoms. The molecule has 2 rings (SSSR count). The zero-order valence-electron chi connectivity index (χ0n) is 13.3. The zero-order chi connectivity index (χ0) is 15.9. The molecule has 7 heteroatoms. The summed E-state index contributed by atoms with van der Waals surface area (Å²) in [7, 11) is 1.74. The van der Waals surface area contributed by atoms with Crippen molar-refractivity contribution in [2.75, 3.05) is 25.3 Å². The van der Waals surface area contributed by atoms with E-state index in [1.54, 1.807) is 14.0 Å². The minimum Gasteiger partial charge on any atom is -0.462 e. The molecule has 22 heavy (non-hydrogen) atoms. The van der Waals surface area contributed by atoms with Crippen LogP contribution >= 0.6 is 11.8 Å². The summed E-state index contributed by atoms with van der Waals surface area (Å²) in [5.74, 6) is 0.163. The van der Waals surface area contributed by atoms with Crippen molar-refractivity contribution in [1.29, 1.82) is 0 Å². The minimum atomic E-state index is -0.392. The van der Waals surface area contributed by atoms with Gasteiger partial charge in [-0.1, -0.05) is 11.8 Å². The Balaban J connectivity index is 2.17. The molecule has 1 fully saturated rings. The molecule has 1 heterocycles. The van der Waals surface area contributed by atoms with Gasteiger partial charge in [0, 0.05) is 19.3 Å². The van der Waals surface area contributed by atoms with E-state index in [0.717, 1.165) is 25.7 Å². The quantitative estimate of drug-likeness (QED) is 0.490. The van der Waals surface area contributed by atoms with Gasteiger partial charge in [0.2, 0.25) is 0 Å². The average Bonchev–Trinajstić information content (AvgIpc) is 2.55. The van der Waals surface area contributed by atoms with Gasteiger partial charge >= 0.3 is 5.97 Å². The van der Waals surface area contributed by atoms with Gasteiger partial charge in [0.1, 0.15) is 11.4 Å². The molecule has 6 nitrogen and oxygen atoms in total. The molecule has 0 aliphatic heterocycles. The number of nitrogens with zero attached hydrogens (tertiary/aromatic N) is 2. The van der Waals surface area contributed by atoms with Crippen LogP contribution in [0.15, 0.2) is 11.4 Å². The van der Waals surface area contributed by atoms with Gasteiger partial charge in [-0.05, 0) is 38.9 Å². The molecule has 122 valence electrons. The third-order valence-electron chi connectivity index (χ3n) is 3.74. The number of nitrogens with one attached hydrogen (secondary N) is 1. The lowest BCUT2D eigenvalue weighted by molar-refractivity contribution is 0.0526. The molecule has 1 aromatic heterocycles. The largest absolute Gasteiger partial charge is 0.462 e. The number of carbonyl (C=O) groups is 1. The van der Waals surface area contributed by atoms with Gasteiger partial charge in [0.15, 0.2) is 5.16 Å². The van der Waals surface area contributed by atoms with Crippen LogP contribution in [-0.4, -0.2) is 48.1 Å². The fraction of sp³-hybridized carbons (Fsp3) is 0.667. The van der Waals surface area contributed by atoms with Crippen LogP contribution in [0.4, 0.5) is 5.82 Å². The highest BCUT2D eigenvalue weighted by Gasteiger charge is 2.24. The molecule has 0 radical (unpaired) electrons. The Morgan fingerprint density at radius 2 is 2.32 bits per heavy atom. The summed E-state index contributed by atoms with van der Waals surface area (Å²) in [4.78, 5) is 20.7. The number of esters is 1. The van der Waals surface area contributed by atoms with E-state index >= 15 is 0 Å². The molecule has 0 aromatic carbocycles. The topological polar surface area (TPSA) is 73.3 Å². The first kappa shape index (κ1) is 17.0. The van der Waals surface area contributed by atoms with Crippen LogP contribution in [0.3, 0.4) is 0 Å². The summed E-state index contributed by atoms with van der Waals surface area (Å²) in [6, 6.07) is 0.247. The van der Waals surface area contributed by atoms with Crippen LogP contribution in [0, 0.1) is 0 Å². The maximum atomic E-state index is 12.1. The molecule has 0 unspecified atom stereocenters. The Hall–Kier alpha value is -1.34. The lowest BCUT2D eigenvalue weighted by Crippen LogP contribution is -2.32. The number of ether oxygens (including phenoxy) is 2. The van der Waals surface area contributed by atoms with E-state index in [-0.39, 0.29) is 12.1 Å². The highest BCUT2D eigenvalue weighted by Crippen LogP contribution is 2.25.